The quantitative estimate of drug-likeness (QED) is 0.494. The van der Waals surface area contributed by atoms with E-state index >= 15 is 0 Å². The molecule has 0 saturated carbocycles. The minimum Gasteiger partial charge on any atom is -0.112 e. The Kier molecular flexibility index (Phi) is 4.67. The molecule has 17 heavy (non-hydrogen) atoms. The summed E-state index contributed by atoms with van der Waals surface area (Å²) in [5.74, 6) is 0. The minimum absolute atomic E-state index is 0.376. The predicted molar refractivity (Wildman–Crippen MR) is 81.2 cm³/mol. The summed E-state index contributed by atoms with van der Waals surface area (Å²) in [5, 5.41) is 0.255. The number of hydrogen-bond donors (Lipinski definition) is 0. The van der Waals surface area contributed by atoms with Crippen LogP contribution in [0.2, 0.25) is 13.7 Å². The van der Waals surface area contributed by atoms with Gasteiger partial charge in [0.1, 0.15) is 0 Å². The van der Waals surface area contributed by atoms with Crippen LogP contribution in [0.25, 0.3) is 0 Å². The third kappa shape index (κ3) is 3.12. The summed E-state index contributed by atoms with van der Waals surface area (Å²) >= 11 is 29.1. The van der Waals surface area contributed by atoms with E-state index in [1.807, 2.05) is 12.1 Å². The fraction of sp³-hybridized carbons (Fsp3) is 0.0909. The number of alkyl halides is 1. The molecule has 0 N–H and O–H groups in total. The molecule has 0 aliphatic carbocycles. The first-order valence-corrected chi connectivity index (χ1v) is 7.70. The van der Waals surface area contributed by atoms with Crippen molar-refractivity contribution in [2.75, 3.05) is 0 Å². The molecule has 1 aromatic carbocycles. The Balaban J connectivity index is 2.46. The monoisotopic (exact) mass is 388 g/mol. The van der Waals surface area contributed by atoms with Crippen LogP contribution >= 0.6 is 73.7 Å². The molecule has 1 heterocycles. The van der Waals surface area contributed by atoms with Crippen molar-refractivity contribution in [3.8, 4) is 0 Å². The summed E-state index contributed by atoms with van der Waals surface area (Å²) in [6.45, 7) is 0. The lowest BCUT2D eigenvalue weighted by Crippen LogP contribution is -1.93. The van der Waals surface area contributed by atoms with Crippen LogP contribution < -0.4 is 0 Å². The molecule has 0 saturated heterocycles. The number of rotatable bonds is 2. The first-order valence-electron chi connectivity index (χ1n) is 4.53. The molecule has 2 aromatic rings. The molecule has 0 radical (unpaired) electrons. The first-order chi connectivity index (χ1) is 7.99. The third-order valence-corrected chi connectivity index (χ3v) is 5.13. The van der Waals surface area contributed by atoms with E-state index in [9.17, 15) is 0 Å². The van der Waals surface area contributed by atoms with Gasteiger partial charge in [-0.1, -0.05) is 50.7 Å². The maximum Gasteiger partial charge on any atom is 0.0994 e. The molecule has 0 aliphatic rings. The van der Waals surface area contributed by atoms with Gasteiger partial charge in [-0.2, -0.15) is 0 Å². The van der Waals surface area contributed by atoms with Crippen LogP contribution in [0.4, 0.5) is 0 Å². The maximum atomic E-state index is 6.40. The van der Waals surface area contributed by atoms with Crippen LogP contribution in [0, 0.1) is 0 Å². The fourth-order valence-corrected chi connectivity index (χ4v) is 4.20. The van der Waals surface area contributed by atoms with Crippen molar-refractivity contribution in [1.82, 2.24) is 0 Å². The number of halogens is 5. The van der Waals surface area contributed by atoms with Gasteiger partial charge < -0.3 is 0 Å². The van der Waals surface area contributed by atoms with Crippen molar-refractivity contribution >= 4 is 73.7 Å². The molecule has 1 atom stereocenters. The smallest absolute Gasteiger partial charge is 0.0994 e. The van der Waals surface area contributed by atoms with Crippen molar-refractivity contribution in [3.05, 3.63) is 53.6 Å². The molecule has 1 unspecified atom stereocenters. The van der Waals surface area contributed by atoms with Gasteiger partial charge in [-0.05, 0) is 29.8 Å². The zero-order chi connectivity index (χ0) is 12.6. The third-order valence-electron chi connectivity index (χ3n) is 2.19. The van der Waals surface area contributed by atoms with Crippen LogP contribution in [0.5, 0.6) is 0 Å². The lowest BCUT2D eigenvalue weighted by molar-refractivity contribution is 1.14. The zero-order valence-corrected chi connectivity index (χ0v) is 13.6. The van der Waals surface area contributed by atoms with Gasteiger partial charge >= 0.3 is 0 Å². The molecular formula is C11H5BrCl4S. The largest absolute Gasteiger partial charge is 0.112 e. The molecule has 6 heteroatoms. The molecule has 0 spiro atoms. The Morgan fingerprint density at radius 1 is 1.06 bits per heavy atom. The van der Waals surface area contributed by atoms with E-state index < -0.39 is 0 Å². The van der Waals surface area contributed by atoms with Gasteiger partial charge in [0.05, 0.1) is 14.0 Å². The van der Waals surface area contributed by atoms with Crippen molar-refractivity contribution in [1.29, 1.82) is 0 Å². The van der Waals surface area contributed by atoms with E-state index in [1.54, 1.807) is 12.1 Å². The summed E-state index contributed by atoms with van der Waals surface area (Å²) < 4.78 is 2.11. The van der Waals surface area contributed by atoms with E-state index in [-0.39, 0.29) is 5.38 Å². The van der Waals surface area contributed by atoms with Gasteiger partial charge in [0, 0.05) is 15.1 Å². The number of hydrogen-bond acceptors (Lipinski definition) is 1. The summed E-state index contributed by atoms with van der Waals surface area (Å²) in [6, 6.07) is 7.24. The first kappa shape index (κ1) is 14.0. The van der Waals surface area contributed by atoms with E-state index in [1.165, 1.54) is 11.3 Å². The van der Waals surface area contributed by atoms with Gasteiger partial charge in [-0.3, -0.25) is 0 Å². The van der Waals surface area contributed by atoms with Crippen LogP contribution in [-0.2, 0) is 0 Å². The second-order valence-corrected chi connectivity index (χ2v) is 7.32. The fourth-order valence-electron chi connectivity index (χ4n) is 1.40. The highest BCUT2D eigenvalue weighted by molar-refractivity contribution is 9.10. The molecule has 0 bridgehead atoms. The summed E-state index contributed by atoms with van der Waals surface area (Å²) in [4.78, 5) is 0. The van der Waals surface area contributed by atoms with Crippen LogP contribution in [-0.4, -0.2) is 0 Å². The van der Waals surface area contributed by atoms with E-state index in [0.717, 1.165) is 15.6 Å². The lowest BCUT2D eigenvalue weighted by atomic mass is 10.1. The highest BCUT2D eigenvalue weighted by Gasteiger charge is 2.19. The second kappa shape index (κ2) is 5.68. The summed E-state index contributed by atoms with van der Waals surface area (Å²) in [6.07, 6.45) is 0. The normalized spacial score (nSPS) is 12.8. The minimum atomic E-state index is -0.376. The maximum absolute atomic E-state index is 6.40. The highest BCUT2D eigenvalue weighted by atomic mass is 79.9. The topological polar surface area (TPSA) is 0 Å². The number of benzene rings is 1. The van der Waals surface area contributed by atoms with E-state index in [4.69, 9.17) is 46.4 Å². The summed E-state index contributed by atoms with van der Waals surface area (Å²) in [5.41, 5.74) is 1.67. The van der Waals surface area contributed by atoms with Gasteiger partial charge in [-0.15, -0.1) is 22.9 Å². The second-order valence-electron chi connectivity index (χ2n) is 3.31. The predicted octanol–water partition coefficient (Wildman–Crippen LogP) is 6.80. The highest BCUT2D eigenvalue weighted by Crippen LogP contribution is 2.42. The van der Waals surface area contributed by atoms with E-state index in [0.29, 0.717) is 13.7 Å². The van der Waals surface area contributed by atoms with Gasteiger partial charge in [0.15, 0.2) is 0 Å². The molecule has 0 aliphatic heterocycles. The van der Waals surface area contributed by atoms with Crippen molar-refractivity contribution in [2.24, 2.45) is 0 Å². The average molecular weight is 391 g/mol. The zero-order valence-electron chi connectivity index (χ0n) is 8.18. The van der Waals surface area contributed by atoms with Crippen LogP contribution in [0.15, 0.2) is 28.7 Å². The standard InChI is InChI=1S/C11H5BrCl4S/c12-8-2-1-5(13)3-6(8)10(15)7-4-9(14)17-11(7)16/h1-4,10H. The Labute approximate surface area is 132 Å². The SMILES string of the molecule is Clc1ccc(Br)c(C(Cl)c2cc(Cl)sc2Cl)c1. The molecule has 90 valence electrons. The molecular weight excluding hydrogens is 386 g/mol. The van der Waals surface area contributed by atoms with Crippen LogP contribution in [0.1, 0.15) is 16.5 Å². The molecule has 2 rings (SSSR count). The summed E-state index contributed by atoms with van der Waals surface area (Å²) in [7, 11) is 0. The Morgan fingerprint density at radius 3 is 2.35 bits per heavy atom. The van der Waals surface area contributed by atoms with Gasteiger partial charge in [0.2, 0.25) is 0 Å². The van der Waals surface area contributed by atoms with Crippen molar-refractivity contribution < 1.29 is 0 Å². The molecule has 0 nitrogen and oxygen atoms in total. The number of thiophene rings is 1. The van der Waals surface area contributed by atoms with Gasteiger partial charge in [0.25, 0.3) is 0 Å². The molecule has 0 amide bonds. The van der Waals surface area contributed by atoms with Crippen molar-refractivity contribution in [2.45, 2.75) is 5.38 Å². The molecule has 0 fully saturated rings. The Bertz CT molecular complexity index is 552. The van der Waals surface area contributed by atoms with E-state index in [2.05, 4.69) is 15.9 Å². The molecule has 1 aromatic heterocycles. The van der Waals surface area contributed by atoms with Crippen LogP contribution in [0.3, 0.4) is 0 Å². The Morgan fingerprint density at radius 2 is 1.76 bits per heavy atom. The Hall–Kier alpha value is 0.560. The van der Waals surface area contributed by atoms with Gasteiger partial charge in [-0.25, -0.2) is 0 Å². The average Bonchev–Trinajstić information content (AvgIpc) is 2.60. The lowest BCUT2D eigenvalue weighted by Gasteiger charge is -2.11. The van der Waals surface area contributed by atoms with Crippen molar-refractivity contribution in [3.63, 3.8) is 0 Å².